The number of ether oxygens (including phenoxy) is 1. The van der Waals surface area contributed by atoms with E-state index < -0.39 is 10.0 Å². The summed E-state index contributed by atoms with van der Waals surface area (Å²) in [6.45, 7) is 4.40. The summed E-state index contributed by atoms with van der Waals surface area (Å²) in [5, 5.41) is -0.0777. The van der Waals surface area contributed by atoms with Crippen molar-refractivity contribution in [2.75, 3.05) is 13.2 Å². The van der Waals surface area contributed by atoms with Crippen molar-refractivity contribution in [2.45, 2.75) is 24.9 Å². The Morgan fingerprint density at radius 2 is 2.29 bits per heavy atom. The smallest absolute Gasteiger partial charge is 0.261 e. The second-order valence-electron chi connectivity index (χ2n) is 3.63. The van der Waals surface area contributed by atoms with E-state index in [0.717, 1.165) is 0 Å². The van der Waals surface area contributed by atoms with E-state index in [1.165, 1.54) is 10.9 Å². The summed E-state index contributed by atoms with van der Waals surface area (Å²) >= 11 is 5.83. The number of aryl methyl sites for hydroxylation is 1. The first-order valence-electron chi connectivity index (χ1n) is 5.15. The van der Waals surface area contributed by atoms with E-state index in [0.29, 0.717) is 13.2 Å². The molecule has 0 amide bonds. The molecule has 98 valence electrons. The van der Waals surface area contributed by atoms with Gasteiger partial charge in [-0.25, -0.2) is 18.1 Å². The molecule has 8 heteroatoms. The Morgan fingerprint density at radius 1 is 1.65 bits per heavy atom. The normalized spacial score (nSPS) is 13.9. The summed E-state index contributed by atoms with van der Waals surface area (Å²) < 4.78 is 32.8. The molecule has 1 heterocycles. The molecule has 0 bridgehead atoms. The highest BCUT2D eigenvalue weighted by molar-refractivity contribution is 7.89. The lowest BCUT2D eigenvalue weighted by atomic mass is 10.4. The van der Waals surface area contributed by atoms with Crippen LogP contribution in [0.15, 0.2) is 11.4 Å². The van der Waals surface area contributed by atoms with Gasteiger partial charge in [0.2, 0.25) is 5.03 Å². The first-order valence-corrected chi connectivity index (χ1v) is 7.01. The predicted octanol–water partition coefficient (Wildman–Crippen LogP) is 0.777. The SMILES string of the molecule is CCOCC(C)NS(=O)(=O)c1ncn(C)c1Cl. The molecule has 1 N–H and O–H groups in total. The summed E-state index contributed by atoms with van der Waals surface area (Å²) in [7, 11) is -2.07. The van der Waals surface area contributed by atoms with Gasteiger partial charge in [0.25, 0.3) is 10.0 Å². The van der Waals surface area contributed by atoms with Crippen LogP contribution in [0.25, 0.3) is 0 Å². The van der Waals surface area contributed by atoms with E-state index in [-0.39, 0.29) is 16.2 Å². The third-order valence-electron chi connectivity index (χ3n) is 2.02. The fraction of sp³-hybridized carbons (Fsp3) is 0.667. The number of rotatable bonds is 6. The number of hydrogen-bond acceptors (Lipinski definition) is 4. The third kappa shape index (κ3) is 3.67. The molecular weight excluding hydrogens is 266 g/mol. The average molecular weight is 282 g/mol. The van der Waals surface area contributed by atoms with Crippen molar-refractivity contribution < 1.29 is 13.2 Å². The molecule has 17 heavy (non-hydrogen) atoms. The van der Waals surface area contributed by atoms with E-state index in [9.17, 15) is 8.42 Å². The summed E-state index contributed by atoms with van der Waals surface area (Å²) in [6, 6.07) is -0.335. The Kier molecular flexibility index (Phi) is 4.93. The summed E-state index contributed by atoms with van der Waals surface area (Å²) in [6.07, 6.45) is 1.35. The summed E-state index contributed by atoms with van der Waals surface area (Å²) in [5.41, 5.74) is 0. The molecule has 0 aliphatic heterocycles. The van der Waals surface area contributed by atoms with Crippen molar-refractivity contribution in [1.82, 2.24) is 14.3 Å². The quantitative estimate of drug-likeness (QED) is 0.836. The Bertz CT molecular complexity index is 472. The van der Waals surface area contributed by atoms with Gasteiger partial charge in [0.15, 0.2) is 0 Å². The van der Waals surface area contributed by atoms with Gasteiger partial charge in [-0.05, 0) is 13.8 Å². The lowest BCUT2D eigenvalue weighted by Gasteiger charge is -2.12. The Hall–Kier alpha value is -0.630. The molecule has 6 nitrogen and oxygen atoms in total. The number of sulfonamides is 1. The van der Waals surface area contributed by atoms with Crippen LogP contribution in [-0.4, -0.2) is 37.2 Å². The van der Waals surface area contributed by atoms with Crippen LogP contribution < -0.4 is 4.72 Å². The molecule has 0 saturated carbocycles. The van der Waals surface area contributed by atoms with E-state index >= 15 is 0 Å². The largest absolute Gasteiger partial charge is 0.380 e. The Labute approximate surface area is 106 Å². The maximum Gasteiger partial charge on any atom is 0.261 e. The standard InChI is InChI=1S/C9H16ClN3O3S/c1-4-16-5-7(2)12-17(14,15)9-8(10)13(3)6-11-9/h6-7,12H,4-5H2,1-3H3. The predicted molar refractivity (Wildman–Crippen MR) is 64.5 cm³/mol. The zero-order valence-corrected chi connectivity index (χ0v) is 11.5. The van der Waals surface area contributed by atoms with E-state index in [1.54, 1.807) is 14.0 Å². The van der Waals surface area contributed by atoms with Gasteiger partial charge >= 0.3 is 0 Å². The van der Waals surface area contributed by atoms with Crippen molar-refractivity contribution in [3.63, 3.8) is 0 Å². The molecule has 0 spiro atoms. The number of aromatic nitrogens is 2. The first kappa shape index (κ1) is 14.4. The van der Waals surface area contributed by atoms with Gasteiger partial charge < -0.3 is 9.30 Å². The number of nitrogens with zero attached hydrogens (tertiary/aromatic N) is 2. The third-order valence-corrected chi connectivity index (χ3v) is 4.10. The second-order valence-corrected chi connectivity index (χ2v) is 5.62. The van der Waals surface area contributed by atoms with Crippen molar-refractivity contribution in [3.8, 4) is 0 Å². The number of imidazole rings is 1. The van der Waals surface area contributed by atoms with Crippen LogP contribution in [0.2, 0.25) is 5.15 Å². The first-order chi connectivity index (χ1) is 7.88. The highest BCUT2D eigenvalue weighted by Crippen LogP contribution is 2.18. The monoisotopic (exact) mass is 281 g/mol. The maximum absolute atomic E-state index is 11.9. The van der Waals surface area contributed by atoms with Crippen LogP contribution >= 0.6 is 11.6 Å². The summed E-state index contributed by atoms with van der Waals surface area (Å²) in [5.74, 6) is 0. The van der Waals surface area contributed by atoms with Crippen LogP contribution in [-0.2, 0) is 21.8 Å². The van der Waals surface area contributed by atoms with Gasteiger partial charge in [0.1, 0.15) is 5.15 Å². The van der Waals surface area contributed by atoms with Crippen molar-refractivity contribution in [1.29, 1.82) is 0 Å². The molecule has 1 atom stereocenters. The molecule has 1 aromatic heterocycles. The van der Waals surface area contributed by atoms with Gasteiger partial charge in [-0.15, -0.1) is 0 Å². The zero-order chi connectivity index (χ0) is 13.1. The highest BCUT2D eigenvalue weighted by Gasteiger charge is 2.24. The maximum atomic E-state index is 11.9. The van der Waals surface area contributed by atoms with Crippen LogP contribution in [0, 0.1) is 0 Å². The topological polar surface area (TPSA) is 73.2 Å². The Morgan fingerprint density at radius 3 is 2.76 bits per heavy atom. The molecule has 1 aromatic rings. The summed E-state index contributed by atoms with van der Waals surface area (Å²) in [4.78, 5) is 3.76. The minimum absolute atomic E-state index is 0.0844. The van der Waals surface area contributed by atoms with E-state index in [4.69, 9.17) is 16.3 Å². The van der Waals surface area contributed by atoms with Gasteiger partial charge in [-0.1, -0.05) is 11.6 Å². The zero-order valence-electron chi connectivity index (χ0n) is 9.97. The van der Waals surface area contributed by atoms with Crippen LogP contribution in [0.1, 0.15) is 13.8 Å². The Balaban J connectivity index is 2.79. The number of nitrogens with one attached hydrogen (secondary N) is 1. The van der Waals surface area contributed by atoms with Crippen molar-refractivity contribution in [3.05, 3.63) is 11.5 Å². The molecule has 0 fully saturated rings. The fourth-order valence-corrected chi connectivity index (χ4v) is 2.88. The average Bonchev–Trinajstić information content (AvgIpc) is 2.56. The van der Waals surface area contributed by atoms with E-state index in [1.807, 2.05) is 6.92 Å². The molecular formula is C9H16ClN3O3S. The van der Waals surface area contributed by atoms with Crippen LogP contribution in [0.4, 0.5) is 0 Å². The molecule has 0 radical (unpaired) electrons. The van der Waals surface area contributed by atoms with Gasteiger partial charge in [-0.3, -0.25) is 0 Å². The molecule has 0 aromatic carbocycles. The highest BCUT2D eigenvalue weighted by atomic mass is 35.5. The minimum atomic E-state index is -3.69. The van der Waals surface area contributed by atoms with E-state index in [2.05, 4.69) is 9.71 Å². The van der Waals surface area contributed by atoms with Crippen LogP contribution in [0.3, 0.4) is 0 Å². The van der Waals surface area contributed by atoms with Crippen molar-refractivity contribution in [2.24, 2.45) is 7.05 Å². The van der Waals surface area contributed by atoms with Gasteiger partial charge in [0, 0.05) is 19.7 Å². The minimum Gasteiger partial charge on any atom is -0.380 e. The molecule has 0 saturated heterocycles. The number of hydrogen-bond donors (Lipinski definition) is 1. The number of halogens is 1. The molecule has 1 rings (SSSR count). The van der Waals surface area contributed by atoms with Crippen molar-refractivity contribution >= 4 is 21.6 Å². The lowest BCUT2D eigenvalue weighted by molar-refractivity contribution is 0.133. The van der Waals surface area contributed by atoms with Gasteiger partial charge in [0.05, 0.1) is 12.9 Å². The second kappa shape index (κ2) is 5.81. The fourth-order valence-electron chi connectivity index (χ4n) is 1.22. The lowest BCUT2D eigenvalue weighted by Crippen LogP contribution is -2.36. The van der Waals surface area contributed by atoms with Crippen LogP contribution in [0.5, 0.6) is 0 Å². The molecule has 1 unspecified atom stereocenters. The molecule has 0 aliphatic rings. The van der Waals surface area contributed by atoms with Gasteiger partial charge in [-0.2, -0.15) is 0 Å². The molecule has 0 aliphatic carbocycles.